The number of hydrogen-bond donors (Lipinski definition) is 1. The van der Waals surface area contributed by atoms with Gasteiger partial charge < -0.3 is 10.2 Å². The van der Waals surface area contributed by atoms with E-state index in [1.165, 1.54) is 19.3 Å². The standard InChI is InChI=1S/C12H20N2O2/c1-3-10-12(16)14(7-9-5-4-6-9)8(2)11(15)13-10/h8-10H,3-7H2,1-2H3,(H,13,15). The fourth-order valence-electron chi connectivity index (χ4n) is 2.36. The molecule has 2 fully saturated rings. The summed E-state index contributed by atoms with van der Waals surface area (Å²) in [7, 11) is 0. The molecule has 2 atom stereocenters. The molecule has 0 spiro atoms. The van der Waals surface area contributed by atoms with Gasteiger partial charge in [-0.05, 0) is 32.1 Å². The third kappa shape index (κ3) is 1.93. The van der Waals surface area contributed by atoms with E-state index in [0.29, 0.717) is 12.3 Å². The third-order valence-electron chi connectivity index (χ3n) is 3.83. The van der Waals surface area contributed by atoms with Crippen LogP contribution in [0.1, 0.15) is 39.5 Å². The van der Waals surface area contributed by atoms with Gasteiger partial charge in [-0.25, -0.2) is 0 Å². The number of hydrogen-bond acceptors (Lipinski definition) is 2. The zero-order valence-electron chi connectivity index (χ0n) is 10.0. The molecule has 1 heterocycles. The SMILES string of the molecule is CCC1NC(=O)C(C)N(CC2CCC2)C1=O. The molecule has 0 aromatic rings. The Morgan fingerprint density at radius 3 is 2.56 bits per heavy atom. The fourth-order valence-corrected chi connectivity index (χ4v) is 2.36. The number of nitrogens with one attached hydrogen (secondary N) is 1. The van der Waals surface area contributed by atoms with Crippen molar-refractivity contribution in [2.75, 3.05) is 6.54 Å². The molecule has 4 nitrogen and oxygen atoms in total. The Balaban J connectivity index is 2.05. The van der Waals surface area contributed by atoms with E-state index in [2.05, 4.69) is 5.32 Å². The van der Waals surface area contributed by atoms with Crippen LogP contribution < -0.4 is 5.32 Å². The first kappa shape index (κ1) is 11.4. The quantitative estimate of drug-likeness (QED) is 0.774. The van der Waals surface area contributed by atoms with E-state index in [0.717, 1.165) is 6.54 Å². The van der Waals surface area contributed by atoms with E-state index >= 15 is 0 Å². The maximum Gasteiger partial charge on any atom is 0.245 e. The zero-order valence-corrected chi connectivity index (χ0v) is 10.0. The van der Waals surface area contributed by atoms with Gasteiger partial charge in [0.15, 0.2) is 0 Å². The van der Waals surface area contributed by atoms with Gasteiger partial charge in [0.2, 0.25) is 11.8 Å². The van der Waals surface area contributed by atoms with Gasteiger partial charge in [-0.1, -0.05) is 13.3 Å². The number of carbonyl (C=O) groups is 2. The van der Waals surface area contributed by atoms with Crippen LogP contribution in [0.15, 0.2) is 0 Å². The highest BCUT2D eigenvalue weighted by Crippen LogP contribution is 2.28. The van der Waals surface area contributed by atoms with E-state index < -0.39 is 0 Å². The highest BCUT2D eigenvalue weighted by atomic mass is 16.2. The molecule has 2 aliphatic rings. The Bertz CT molecular complexity index is 299. The van der Waals surface area contributed by atoms with Gasteiger partial charge in [-0.2, -0.15) is 0 Å². The molecule has 0 bridgehead atoms. The lowest BCUT2D eigenvalue weighted by Crippen LogP contribution is -2.63. The minimum atomic E-state index is -0.302. The number of carbonyl (C=O) groups excluding carboxylic acids is 2. The summed E-state index contributed by atoms with van der Waals surface area (Å²) < 4.78 is 0. The van der Waals surface area contributed by atoms with Gasteiger partial charge in [0.1, 0.15) is 12.1 Å². The van der Waals surface area contributed by atoms with Crippen LogP contribution >= 0.6 is 0 Å². The van der Waals surface area contributed by atoms with Crippen molar-refractivity contribution in [3.05, 3.63) is 0 Å². The second-order valence-corrected chi connectivity index (χ2v) is 4.93. The van der Waals surface area contributed by atoms with Gasteiger partial charge in [-0.15, -0.1) is 0 Å². The van der Waals surface area contributed by atoms with Crippen molar-refractivity contribution in [1.82, 2.24) is 10.2 Å². The van der Waals surface area contributed by atoms with E-state index in [9.17, 15) is 9.59 Å². The maximum atomic E-state index is 12.1. The molecule has 1 saturated heterocycles. The minimum absolute atomic E-state index is 0.00854. The molecule has 90 valence electrons. The second kappa shape index (κ2) is 4.44. The molecule has 16 heavy (non-hydrogen) atoms. The molecule has 2 rings (SSSR count). The van der Waals surface area contributed by atoms with Gasteiger partial charge >= 0.3 is 0 Å². The van der Waals surface area contributed by atoms with Gasteiger partial charge in [-0.3, -0.25) is 9.59 Å². The van der Waals surface area contributed by atoms with Crippen LogP contribution in [0.25, 0.3) is 0 Å². The first-order chi connectivity index (χ1) is 7.63. The topological polar surface area (TPSA) is 49.4 Å². The molecular formula is C12H20N2O2. The lowest BCUT2D eigenvalue weighted by Gasteiger charge is -2.40. The van der Waals surface area contributed by atoms with Crippen LogP contribution in [-0.2, 0) is 9.59 Å². The third-order valence-corrected chi connectivity index (χ3v) is 3.83. The molecule has 1 saturated carbocycles. The normalized spacial score (nSPS) is 31.2. The Morgan fingerprint density at radius 1 is 1.38 bits per heavy atom. The Labute approximate surface area is 96.4 Å². The van der Waals surface area contributed by atoms with E-state index in [1.54, 1.807) is 4.90 Å². The number of piperazine rings is 1. The van der Waals surface area contributed by atoms with Gasteiger partial charge in [0.05, 0.1) is 0 Å². The lowest BCUT2D eigenvalue weighted by molar-refractivity contribution is -0.149. The summed E-state index contributed by atoms with van der Waals surface area (Å²) in [5, 5.41) is 2.77. The number of nitrogens with zero attached hydrogens (tertiary/aromatic N) is 1. The van der Waals surface area contributed by atoms with Crippen molar-refractivity contribution < 1.29 is 9.59 Å². The minimum Gasteiger partial charge on any atom is -0.343 e. The fraction of sp³-hybridized carbons (Fsp3) is 0.833. The van der Waals surface area contributed by atoms with E-state index in [4.69, 9.17) is 0 Å². The van der Waals surface area contributed by atoms with E-state index in [-0.39, 0.29) is 23.9 Å². The van der Waals surface area contributed by atoms with Crippen LogP contribution in [0.3, 0.4) is 0 Å². The average Bonchev–Trinajstić information content (AvgIpc) is 2.21. The molecule has 1 N–H and O–H groups in total. The Hall–Kier alpha value is -1.06. The second-order valence-electron chi connectivity index (χ2n) is 4.93. The molecule has 1 aliphatic carbocycles. The first-order valence-corrected chi connectivity index (χ1v) is 6.24. The van der Waals surface area contributed by atoms with Crippen LogP contribution in [0, 0.1) is 5.92 Å². The summed E-state index contributed by atoms with van der Waals surface area (Å²) in [5.41, 5.74) is 0. The van der Waals surface area contributed by atoms with Crippen molar-refractivity contribution in [2.45, 2.75) is 51.6 Å². The van der Waals surface area contributed by atoms with Crippen molar-refractivity contribution in [2.24, 2.45) is 5.92 Å². The summed E-state index contributed by atoms with van der Waals surface area (Å²) >= 11 is 0. The number of rotatable bonds is 3. The van der Waals surface area contributed by atoms with E-state index in [1.807, 2.05) is 13.8 Å². The maximum absolute atomic E-state index is 12.1. The highest BCUT2D eigenvalue weighted by Gasteiger charge is 2.38. The lowest BCUT2D eigenvalue weighted by atomic mass is 9.84. The van der Waals surface area contributed by atoms with Crippen molar-refractivity contribution in [1.29, 1.82) is 0 Å². The number of amides is 2. The zero-order chi connectivity index (χ0) is 11.7. The molecule has 0 radical (unpaired) electrons. The highest BCUT2D eigenvalue weighted by molar-refractivity contribution is 5.96. The Morgan fingerprint density at radius 2 is 2.06 bits per heavy atom. The van der Waals surface area contributed by atoms with Crippen molar-refractivity contribution in [3.63, 3.8) is 0 Å². The molecule has 0 aromatic heterocycles. The molecule has 0 aromatic carbocycles. The average molecular weight is 224 g/mol. The van der Waals surface area contributed by atoms with Gasteiger partial charge in [0.25, 0.3) is 0 Å². The Kier molecular flexibility index (Phi) is 3.17. The predicted octanol–water partition coefficient (Wildman–Crippen LogP) is 0.912. The monoisotopic (exact) mass is 224 g/mol. The van der Waals surface area contributed by atoms with Crippen molar-refractivity contribution in [3.8, 4) is 0 Å². The van der Waals surface area contributed by atoms with Crippen LogP contribution in [0.5, 0.6) is 0 Å². The molecule has 1 aliphatic heterocycles. The van der Waals surface area contributed by atoms with Crippen LogP contribution in [0.2, 0.25) is 0 Å². The van der Waals surface area contributed by atoms with Crippen molar-refractivity contribution >= 4 is 11.8 Å². The summed E-state index contributed by atoms with van der Waals surface area (Å²) in [6.07, 6.45) is 4.35. The van der Waals surface area contributed by atoms with Crippen LogP contribution in [0.4, 0.5) is 0 Å². The van der Waals surface area contributed by atoms with Gasteiger partial charge in [0, 0.05) is 6.54 Å². The molecule has 2 amide bonds. The molecular weight excluding hydrogens is 204 g/mol. The largest absolute Gasteiger partial charge is 0.343 e. The summed E-state index contributed by atoms with van der Waals surface area (Å²) in [5.74, 6) is 0.710. The first-order valence-electron chi connectivity index (χ1n) is 6.24. The summed E-state index contributed by atoms with van der Waals surface area (Å²) in [4.78, 5) is 25.6. The van der Waals surface area contributed by atoms with Crippen LogP contribution in [-0.4, -0.2) is 35.3 Å². The molecule has 2 unspecified atom stereocenters. The predicted molar refractivity (Wildman–Crippen MR) is 60.7 cm³/mol. The summed E-state index contributed by atoms with van der Waals surface area (Å²) in [6, 6.07) is -0.598. The molecule has 4 heteroatoms. The summed E-state index contributed by atoms with van der Waals surface area (Å²) in [6.45, 7) is 4.52. The smallest absolute Gasteiger partial charge is 0.245 e.